The molecule has 758 valence electrons. The zero-order chi connectivity index (χ0) is 105. The number of hydrogen-bond acceptors (Lipinski definition) is 25. The van der Waals surface area contributed by atoms with Crippen molar-refractivity contribution in [2.45, 2.75) is 162 Å². The van der Waals surface area contributed by atoms with E-state index in [1.807, 2.05) is 192 Å². The first kappa shape index (κ1) is 103. The van der Waals surface area contributed by atoms with Gasteiger partial charge < -0.3 is 42.5 Å². The highest BCUT2D eigenvalue weighted by Gasteiger charge is 2.35. The van der Waals surface area contributed by atoms with Crippen molar-refractivity contribution in [3.05, 3.63) is 322 Å². The number of nitriles is 1. The number of carbonyl (C=O) groups excluding carboxylic acids is 7. The number of benzene rings is 8. The molecule has 0 aliphatic carbocycles. The molecule has 4 aliphatic heterocycles. The summed E-state index contributed by atoms with van der Waals surface area (Å²) in [5.41, 5.74) is 45.3. The van der Waals surface area contributed by atoms with E-state index in [9.17, 15) is 43.2 Å². The summed E-state index contributed by atoms with van der Waals surface area (Å²) in [5.74, 6) is 1.11. The van der Waals surface area contributed by atoms with Crippen molar-refractivity contribution in [1.82, 2.24) is 98.6 Å². The zero-order valence-corrected chi connectivity index (χ0v) is 84.8. The summed E-state index contributed by atoms with van der Waals surface area (Å²) >= 11 is 6.18. The topological polar surface area (TPSA) is 435 Å². The SMILES string of the molecule is C=CC(=O)N1CCC[C@@H](n2nc(-c3ccc(CCC(=O)c4ccc(C)cc4C)cc3)c3c(N)ncnc32)C1.C=CC(=O)N1CCC[C@@H](n2nc(-c3ccc(CCC(=O)c4cccc(Cl)c4C)cc3)c3c(N)ncnc32)C1.C=CC(=O)N1CCC[C@@H](n2nc(-c3ccc(CCC(=O)c4cccc(F)c4C)cc3)c3c(N)ncnc32)C1.Cc1ccccc1C(=O)CCc1ccc(-c2nn([C@@H]3CCCN(C#N)C3)c3ncnc(N)c23)cc1. The molecule has 4 fully saturated rings. The lowest BCUT2D eigenvalue weighted by Gasteiger charge is -2.32. The largest absolute Gasteiger partial charge is 0.383 e. The molecule has 0 spiro atoms. The van der Waals surface area contributed by atoms with Gasteiger partial charge >= 0.3 is 0 Å². The van der Waals surface area contributed by atoms with Gasteiger partial charge in [0.1, 0.15) is 77.2 Å². The summed E-state index contributed by atoms with van der Waals surface area (Å²) in [4.78, 5) is 129. The molecule has 8 aromatic carbocycles. The Morgan fingerprint density at radius 1 is 0.376 bits per heavy atom. The summed E-state index contributed by atoms with van der Waals surface area (Å²) in [6, 6.07) is 55.5. The highest BCUT2D eigenvalue weighted by Crippen LogP contribution is 2.41. The highest BCUT2D eigenvalue weighted by atomic mass is 35.5. The molecule has 0 unspecified atom stereocenters. The predicted molar refractivity (Wildman–Crippen MR) is 576 cm³/mol. The maximum Gasteiger partial charge on any atom is 0.246 e. The number of likely N-dealkylation sites (tertiary alicyclic amines) is 4. The van der Waals surface area contributed by atoms with E-state index in [-0.39, 0.29) is 77.3 Å². The Morgan fingerprint density at radius 2 is 0.685 bits per heavy atom. The van der Waals surface area contributed by atoms with Crippen LogP contribution < -0.4 is 22.9 Å². The first-order valence-electron chi connectivity index (χ1n) is 50.1. The fraction of sp³-hybridized carbons (Fsp3) is 0.287. The van der Waals surface area contributed by atoms with Crippen LogP contribution in [0.3, 0.4) is 0 Å². The number of piperidine rings is 4. The van der Waals surface area contributed by atoms with Gasteiger partial charge in [0.05, 0.1) is 52.3 Å². The van der Waals surface area contributed by atoms with Gasteiger partial charge in [0.2, 0.25) is 17.7 Å². The number of ketones is 4. The van der Waals surface area contributed by atoms with Crippen LogP contribution in [-0.4, -0.2) is 192 Å². The van der Waals surface area contributed by atoms with Crippen LogP contribution in [-0.2, 0) is 40.1 Å². The number of Topliss-reactive ketones (excluding diaryl/α,β-unsaturated/α-hetero) is 4. The van der Waals surface area contributed by atoms with Crippen LogP contribution in [0.4, 0.5) is 27.7 Å². The summed E-state index contributed by atoms with van der Waals surface area (Å²) in [6.07, 6.45) is 23.2. The second kappa shape index (κ2) is 46.6. The van der Waals surface area contributed by atoms with E-state index < -0.39 is 0 Å². The molecule has 0 radical (unpaired) electrons. The average molecular weight is 2020 g/mol. The van der Waals surface area contributed by atoms with Crippen LogP contribution in [0.5, 0.6) is 0 Å². The minimum Gasteiger partial charge on any atom is -0.383 e. The molecular weight excluding hydrogens is 1900 g/mol. The molecule has 0 saturated carbocycles. The summed E-state index contributed by atoms with van der Waals surface area (Å²) < 4.78 is 21.4. The fourth-order valence-electron chi connectivity index (χ4n) is 20.2. The Bertz CT molecular complexity index is 7590. The Morgan fingerprint density at radius 3 is 1.02 bits per heavy atom. The second-order valence-electron chi connectivity index (χ2n) is 38.1. The lowest BCUT2D eigenvalue weighted by Crippen LogP contribution is -2.40. The van der Waals surface area contributed by atoms with Crippen LogP contribution >= 0.6 is 11.6 Å². The van der Waals surface area contributed by atoms with Gasteiger partial charge in [-0.25, -0.2) is 63.0 Å². The van der Waals surface area contributed by atoms with Crippen molar-refractivity contribution in [3.8, 4) is 51.2 Å². The van der Waals surface area contributed by atoms with Crippen LogP contribution in [0, 0.1) is 51.9 Å². The standard InChI is InChI=1S/C30H32N6O2.C29H29ClN6O2.C29H29FN6O2.C27H27N7O/c1-4-26(38)35-15-5-6-23(17-35)36-30-27(29(31)32-18-33-30)28(34-36)22-11-8-21(9-12-22)10-14-25(37)24-13-7-19(2)16-20(24)3;2*1-3-25(38)35-15-5-6-21(16-35)36-29-26(28(31)32-17-33-29)27(34-36)20-12-9-19(10-13-20)11-14-24(37)22-7-4-8-23(30)18(22)2;1-18-5-2-3-7-22(18)23(35)13-10-19-8-11-20(12-9-19)25-24-26(29)30-17-31-27(24)34(32-25)21-6-4-14-33(15-21)16-28/h4,7-9,11-13,16,18,23H,1,5-6,10,14-15,17H2,2-3H3,(H2,31,32,33);2*3-4,7-10,12-13,17,21H,1,5-6,11,14-16H2,2H3,(H2,31,32,33);2-3,5,7-9,11-12,17,21H,4,6,10,13-15H2,1H3,(H2,29,30,31)/t23-;3*21-/m1111/s1. The number of nitrogen functional groups attached to an aromatic ring is 4. The second-order valence-corrected chi connectivity index (χ2v) is 38.5. The van der Waals surface area contributed by atoms with Gasteiger partial charge in [-0.2, -0.15) is 25.7 Å². The van der Waals surface area contributed by atoms with Crippen molar-refractivity contribution in [2.24, 2.45) is 0 Å². The zero-order valence-electron chi connectivity index (χ0n) is 84.0. The van der Waals surface area contributed by atoms with E-state index >= 15 is 0 Å². The molecule has 149 heavy (non-hydrogen) atoms. The third-order valence-electron chi connectivity index (χ3n) is 28.4. The van der Waals surface area contributed by atoms with Crippen molar-refractivity contribution >= 4 is 120 Å². The summed E-state index contributed by atoms with van der Waals surface area (Å²) in [6.45, 7) is 25.4. The maximum atomic E-state index is 13.8. The number of aromatic nitrogens is 16. The van der Waals surface area contributed by atoms with E-state index in [0.717, 1.165) is 147 Å². The number of amides is 3. The smallest absolute Gasteiger partial charge is 0.246 e. The molecule has 4 aliphatic rings. The molecule has 12 heterocycles. The Balaban J connectivity index is 0.000000135. The number of carbonyl (C=O) groups is 7. The fourth-order valence-corrected chi connectivity index (χ4v) is 20.4. The number of nitrogens with zero attached hydrogens (tertiary/aromatic N) is 21. The molecule has 3 amide bonds. The van der Waals surface area contributed by atoms with Gasteiger partial charge in [-0.15, -0.1) is 0 Å². The maximum absolute atomic E-state index is 13.8. The number of hydrogen-bond donors (Lipinski definition) is 4. The van der Waals surface area contributed by atoms with E-state index in [0.29, 0.717) is 192 Å². The van der Waals surface area contributed by atoms with Crippen molar-refractivity contribution in [2.75, 3.05) is 75.3 Å². The van der Waals surface area contributed by atoms with Crippen LogP contribution in [0.2, 0.25) is 5.02 Å². The number of aryl methyl sites for hydroxylation is 7. The van der Waals surface area contributed by atoms with Crippen LogP contribution in [0.1, 0.15) is 193 Å². The average Bonchev–Trinajstić information content (AvgIpc) is 1.62. The van der Waals surface area contributed by atoms with E-state index in [4.69, 9.17) is 54.9 Å². The minimum atomic E-state index is -0.372. The number of anilines is 4. The number of halogens is 2. The molecule has 4 atom stereocenters. The lowest BCUT2D eigenvalue weighted by atomic mass is 9.97. The van der Waals surface area contributed by atoms with Crippen LogP contribution in [0.25, 0.3) is 89.2 Å². The number of rotatable bonds is 27. The molecule has 0 bridgehead atoms. The predicted octanol–water partition coefficient (Wildman–Crippen LogP) is 19.1. The first-order chi connectivity index (χ1) is 72.1. The number of nitrogens with two attached hydrogens (primary N) is 4. The molecular formula is C115H117ClFN25O7. The quantitative estimate of drug-likeness (QED) is 0.0211. The monoisotopic (exact) mass is 2010 g/mol. The van der Waals surface area contributed by atoms with Crippen molar-refractivity contribution in [3.63, 3.8) is 0 Å². The summed E-state index contributed by atoms with van der Waals surface area (Å²) in [7, 11) is 0. The van der Waals surface area contributed by atoms with Gasteiger partial charge in [0, 0.05) is 121 Å². The summed E-state index contributed by atoms with van der Waals surface area (Å²) in [5, 5.41) is 32.4. The molecule has 8 aromatic heterocycles. The minimum absolute atomic E-state index is 0.0197. The first-order valence-corrected chi connectivity index (χ1v) is 50.5. The number of fused-ring (bicyclic) bond motifs is 4. The van der Waals surface area contributed by atoms with E-state index in [1.54, 1.807) is 50.8 Å². The normalized spacial score (nSPS) is 15.6. The van der Waals surface area contributed by atoms with Gasteiger partial charge in [-0.3, -0.25) is 33.6 Å². The Kier molecular flexibility index (Phi) is 32.3. The molecule has 16 aromatic rings. The molecule has 32 nitrogen and oxygen atoms in total. The molecule has 34 heteroatoms. The third kappa shape index (κ3) is 23.1. The van der Waals surface area contributed by atoms with E-state index in [2.05, 4.69) is 65.8 Å². The molecule has 8 N–H and O–H groups in total. The molecule has 4 saturated heterocycles. The van der Waals surface area contributed by atoms with Gasteiger partial charge in [-0.1, -0.05) is 201 Å². The van der Waals surface area contributed by atoms with Gasteiger partial charge in [-0.05, 0) is 187 Å². The molecule has 20 rings (SSSR count). The Hall–Kier alpha value is -17.0. The lowest BCUT2D eigenvalue weighted by molar-refractivity contribution is -0.128. The highest BCUT2D eigenvalue weighted by molar-refractivity contribution is 6.32. The van der Waals surface area contributed by atoms with Gasteiger partial charge in [0.25, 0.3) is 0 Å². The Labute approximate surface area is 866 Å². The van der Waals surface area contributed by atoms with Crippen molar-refractivity contribution in [1.29, 1.82) is 5.26 Å². The van der Waals surface area contributed by atoms with Crippen molar-refractivity contribution < 1.29 is 38.0 Å². The third-order valence-corrected chi connectivity index (χ3v) is 28.8. The van der Waals surface area contributed by atoms with E-state index in [1.165, 1.54) is 49.6 Å². The van der Waals surface area contributed by atoms with Crippen LogP contribution in [0.15, 0.2) is 239 Å². The van der Waals surface area contributed by atoms with Gasteiger partial charge in [0.15, 0.2) is 51.9 Å².